The average molecular weight is 342 g/mol. The first-order valence-corrected chi connectivity index (χ1v) is 8.63. The molecule has 0 saturated heterocycles. The van der Waals surface area contributed by atoms with Gasteiger partial charge in [0.25, 0.3) is 0 Å². The summed E-state index contributed by atoms with van der Waals surface area (Å²) in [4.78, 5) is 23.4. The molecule has 1 aliphatic carbocycles. The van der Waals surface area contributed by atoms with Crippen LogP contribution in [0.2, 0.25) is 0 Å². The largest absolute Gasteiger partial charge is 0.466 e. The third-order valence-corrected chi connectivity index (χ3v) is 4.54. The molecule has 0 aromatic heterocycles. The molecule has 0 aromatic rings. The van der Waals surface area contributed by atoms with Crippen LogP contribution in [0.1, 0.15) is 48.0 Å². The molecule has 3 nitrogen and oxygen atoms in total. The molecule has 1 aliphatic rings. The van der Waals surface area contributed by atoms with Crippen molar-refractivity contribution < 1.29 is 14.3 Å². The van der Waals surface area contributed by atoms with E-state index in [-0.39, 0.29) is 23.1 Å². The van der Waals surface area contributed by atoms with Crippen LogP contribution in [0.3, 0.4) is 0 Å². The standard InChI is InChI=1S/C22H30O3/c1-15(9-8-10-16(2)13-20(23)25-7)11-12-19-18(4)21(24)17(3)14-22(19,5)6/h8-13,17H,14H2,1-7H3/b10-8+,12-11+,15-9+,16-13+. The van der Waals surface area contributed by atoms with E-state index in [1.54, 1.807) is 0 Å². The van der Waals surface area contributed by atoms with E-state index in [0.29, 0.717) is 0 Å². The molecule has 0 fully saturated rings. The van der Waals surface area contributed by atoms with Gasteiger partial charge in [-0.25, -0.2) is 4.79 Å². The van der Waals surface area contributed by atoms with Crippen LogP contribution in [0.4, 0.5) is 0 Å². The molecule has 0 bridgehead atoms. The normalized spacial score (nSPS) is 22.2. The minimum absolute atomic E-state index is 0.00384. The lowest BCUT2D eigenvalue weighted by Gasteiger charge is -2.35. The Bertz CT molecular complexity index is 682. The van der Waals surface area contributed by atoms with Gasteiger partial charge in [-0.1, -0.05) is 56.7 Å². The predicted molar refractivity (Wildman–Crippen MR) is 103 cm³/mol. The zero-order valence-corrected chi connectivity index (χ0v) is 16.5. The van der Waals surface area contributed by atoms with E-state index in [9.17, 15) is 9.59 Å². The van der Waals surface area contributed by atoms with Gasteiger partial charge in [-0.05, 0) is 49.3 Å². The van der Waals surface area contributed by atoms with E-state index >= 15 is 0 Å². The molecule has 0 N–H and O–H groups in total. The summed E-state index contributed by atoms with van der Waals surface area (Å²) in [6, 6.07) is 0. The van der Waals surface area contributed by atoms with E-state index < -0.39 is 0 Å². The second kappa shape index (κ2) is 8.80. The van der Waals surface area contributed by atoms with Crippen LogP contribution in [0.5, 0.6) is 0 Å². The third-order valence-electron chi connectivity index (χ3n) is 4.54. The van der Waals surface area contributed by atoms with Crippen molar-refractivity contribution in [1.29, 1.82) is 0 Å². The Morgan fingerprint density at radius 2 is 1.84 bits per heavy atom. The molecule has 0 heterocycles. The number of esters is 1. The first-order chi connectivity index (χ1) is 11.6. The monoisotopic (exact) mass is 342 g/mol. The lowest BCUT2D eigenvalue weighted by molar-refractivity contribution is -0.134. The quantitative estimate of drug-likeness (QED) is 0.396. The number of hydrogen-bond acceptors (Lipinski definition) is 3. The molecular formula is C22H30O3. The topological polar surface area (TPSA) is 43.4 Å². The van der Waals surface area contributed by atoms with E-state index in [1.165, 1.54) is 13.2 Å². The fourth-order valence-corrected chi connectivity index (χ4v) is 3.24. The number of methoxy groups -OCH3 is 1. The highest BCUT2D eigenvalue weighted by Crippen LogP contribution is 2.41. The van der Waals surface area contributed by atoms with Gasteiger partial charge in [0.1, 0.15) is 0 Å². The van der Waals surface area contributed by atoms with Gasteiger partial charge in [0.2, 0.25) is 0 Å². The molecule has 0 aromatic carbocycles. The van der Waals surface area contributed by atoms with Crippen molar-refractivity contribution in [1.82, 2.24) is 0 Å². The number of rotatable bonds is 5. The Morgan fingerprint density at radius 3 is 2.44 bits per heavy atom. The SMILES string of the molecule is COC(=O)/C=C(C)/C=C/C=C(C)/C=C/C1=C(C)C(=O)C(C)CC1(C)C. The minimum Gasteiger partial charge on any atom is -0.466 e. The van der Waals surface area contributed by atoms with Gasteiger partial charge in [-0.2, -0.15) is 0 Å². The van der Waals surface area contributed by atoms with E-state index in [2.05, 4.69) is 24.7 Å². The van der Waals surface area contributed by atoms with Crippen LogP contribution in [-0.2, 0) is 14.3 Å². The van der Waals surface area contributed by atoms with Crippen LogP contribution in [0.25, 0.3) is 0 Å². The Hall–Kier alpha value is -2.16. The van der Waals surface area contributed by atoms with Crippen molar-refractivity contribution in [3.8, 4) is 0 Å². The van der Waals surface area contributed by atoms with Gasteiger partial charge in [0.05, 0.1) is 7.11 Å². The van der Waals surface area contributed by atoms with Gasteiger partial charge in [-0.15, -0.1) is 0 Å². The predicted octanol–water partition coefficient (Wildman–Crippen LogP) is 5.12. The third kappa shape index (κ3) is 6.00. The molecule has 1 atom stereocenters. The second-order valence-corrected chi connectivity index (χ2v) is 7.41. The highest BCUT2D eigenvalue weighted by atomic mass is 16.5. The minimum atomic E-state index is -0.358. The second-order valence-electron chi connectivity index (χ2n) is 7.41. The molecule has 0 radical (unpaired) electrons. The zero-order valence-electron chi connectivity index (χ0n) is 16.5. The van der Waals surface area contributed by atoms with E-state index in [1.807, 2.05) is 52.0 Å². The summed E-state index contributed by atoms with van der Waals surface area (Å²) in [5.74, 6) is -0.0102. The van der Waals surface area contributed by atoms with Crippen molar-refractivity contribution in [3.63, 3.8) is 0 Å². The number of carbonyl (C=O) groups is 2. The van der Waals surface area contributed by atoms with Crippen LogP contribution in [-0.4, -0.2) is 18.9 Å². The molecule has 1 unspecified atom stereocenters. The molecule has 0 aliphatic heterocycles. The average Bonchev–Trinajstić information content (AvgIpc) is 2.51. The molecule has 25 heavy (non-hydrogen) atoms. The summed E-state index contributed by atoms with van der Waals surface area (Å²) < 4.78 is 4.59. The molecular weight excluding hydrogens is 312 g/mol. The lowest BCUT2D eigenvalue weighted by Crippen LogP contribution is -2.30. The van der Waals surface area contributed by atoms with Gasteiger partial charge >= 0.3 is 5.97 Å². The number of ketones is 1. The smallest absolute Gasteiger partial charge is 0.330 e. The lowest BCUT2D eigenvalue weighted by atomic mass is 9.68. The van der Waals surface area contributed by atoms with Gasteiger partial charge < -0.3 is 4.74 Å². The molecule has 0 spiro atoms. The van der Waals surface area contributed by atoms with Crippen molar-refractivity contribution in [2.75, 3.05) is 7.11 Å². The fourth-order valence-electron chi connectivity index (χ4n) is 3.24. The van der Waals surface area contributed by atoms with Crippen LogP contribution in [0, 0.1) is 11.3 Å². The number of hydrogen-bond donors (Lipinski definition) is 0. The maximum absolute atomic E-state index is 12.3. The Labute approximate surface area is 151 Å². The van der Waals surface area contributed by atoms with Crippen LogP contribution in [0.15, 0.2) is 58.7 Å². The van der Waals surface area contributed by atoms with E-state index in [4.69, 9.17) is 0 Å². The Morgan fingerprint density at radius 1 is 1.20 bits per heavy atom. The van der Waals surface area contributed by atoms with Crippen LogP contribution >= 0.6 is 0 Å². The van der Waals surface area contributed by atoms with Gasteiger partial charge in [-0.3, -0.25) is 4.79 Å². The number of allylic oxidation sites excluding steroid dienone is 9. The summed E-state index contributed by atoms with van der Waals surface area (Å²) in [5.41, 5.74) is 3.90. The van der Waals surface area contributed by atoms with Crippen molar-refractivity contribution in [2.24, 2.45) is 11.3 Å². The van der Waals surface area contributed by atoms with Gasteiger partial charge in [0, 0.05) is 12.0 Å². The fraction of sp³-hybridized carbons (Fsp3) is 0.455. The maximum Gasteiger partial charge on any atom is 0.330 e. The van der Waals surface area contributed by atoms with Crippen LogP contribution < -0.4 is 0 Å². The van der Waals surface area contributed by atoms with Crippen molar-refractivity contribution in [3.05, 3.63) is 58.7 Å². The summed E-state index contributed by atoms with van der Waals surface area (Å²) in [7, 11) is 1.36. The summed E-state index contributed by atoms with van der Waals surface area (Å²) in [6.07, 6.45) is 12.2. The summed E-state index contributed by atoms with van der Waals surface area (Å²) in [6.45, 7) is 12.2. The summed E-state index contributed by atoms with van der Waals surface area (Å²) in [5, 5.41) is 0. The Kier molecular flexibility index (Phi) is 7.35. The molecule has 1 rings (SSSR count). The van der Waals surface area contributed by atoms with Gasteiger partial charge in [0.15, 0.2) is 5.78 Å². The molecule has 136 valence electrons. The zero-order chi connectivity index (χ0) is 19.2. The number of ether oxygens (including phenoxy) is 1. The van der Waals surface area contributed by atoms with Crippen molar-refractivity contribution in [2.45, 2.75) is 48.0 Å². The summed E-state index contributed by atoms with van der Waals surface area (Å²) >= 11 is 0. The molecule has 0 saturated carbocycles. The highest BCUT2D eigenvalue weighted by molar-refractivity contribution is 5.98. The first kappa shape index (κ1) is 20.9. The number of carbonyl (C=O) groups excluding carboxylic acids is 2. The first-order valence-electron chi connectivity index (χ1n) is 8.63. The molecule has 3 heteroatoms. The van der Waals surface area contributed by atoms with Crippen molar-refractivity contribution >= 4 is 11.8 Å². The molecule has 0 amide bonds. The van der Waals surface area contributed by atoms with E-state index in [0.717, 1.165) is 28.7 Å². The highest BCUT2D eigenvalue weighted by Gasteiger charge is 2.35. The number of Topliss-reactive ketones (excluding diaryl/α,β-unsaturated/α-hetero) is 1. The Balaban J connectivity index is 2.91. The maximum atomic E-state index is 12.3.